The van der Waals surface area contributed by atoms with Gasteiger partial charge in [-0.15, -0.1) is 0 Å². The van der Waals surface area contributed by atoms with E-state index in [1.807, 2.05) is 31.3 Å². The van der Waals surface area contributed by atoms with Crippen molar-refractivity contribution in [1.82, 2.24) is 9.55 Å². The molecule has 1 atom stereocenters. The first-order valence-corrected chi connectivity index (χ1v) is 8.30. The summed E-state index contributed by atoms with van der Waals surface area (Å²) in [5.41, 5.74) is 5.14. The fourth-order valence-electron chi connectivity index (χ4n) is 3.10. The van der Waals surface area contributed by atoms with Gasteiger partial charge >= 0.3 is 0 Å². The third-order valence-electron chi connectivity index (χ3n) is 4.49. The Morgan fingerprint density at radius 3 is 2.52 bits per heavy atom. The second-order valence-corrected chi connectivity index (χ2v) is 6.49. The lowest BCUT2D eigenvalue weighted by molar-refractivity contribution is 0.211. The second-order valence-electron chi connectivity index (χ2n) is 6.49. The number of hydrogen-bond acceptors (Lipinski definition) is 3. The van der Waals surface area contributed by atoms with E-state index in [4.69, 9.17) is 0 Å². The summed E-state index contributed by atoms with van der Waals surface area (Å²) in [5, 5.41) is 20.3. The van der Waals surface area contributed by atoms with Gasteiger partial charge < -0.3 is 9.67 Å². The zero-order valence-corrected chi connectivity index (χ0v) is 14.6. The van der Waals surface area contributed by atoms with Crippen molar-refractivity contribution >= 4 is 0 Å². The van der Waals surface area contributed by atoms with Crippen LogP contribution in [0.1, 0.15) is 48.3 Å². The smallest absolute Gasteiger partial charge is 0.121 e. The topological polar surface area (TPSA) is 61.8 Å². The normalized spacial score (nSPS) is 12.2. The number of aryl methyl sites for hydroxylation is 1. The van der Waals surface area contributed by atoms with Crippen LogP contribution in [0.2, 0.25) is 0 Å². The molecule has 3 aromatic rings. The van der Waals surface area contributed by atoms with Crippen molar-refractivity contribution in [2.24, 2.45) is 7.05 Å². The molecule has 25 heavy (non-hydrogen) atoms. The summed E-state index contributed by atoms with van der Waals surface area (Å²) in [6, 6.07) is 15.9. The van der Waals surface area contributed by atoms with E-state index in [-0.39, 0.29) is 0 Å². The monoisotopic (exact) mass is 331 g/mol. The van der Waals surface area contributed by atoms with Gasteiger partial charge in [-0.25, -0.2) is 4.98 Å². The zero-order chi connectivity index (χ0) is 18.0. The van der Waals surface area contributed by atoms with Crippen LogP contribution in [0.25, 0.3) is 11.1 Å². The van der Waals surface area contributed by atoms with Gasteiger partial charge in [-0.05, 0) is 34.7 Å². The minimum Gasteiger partial charge on any atom is -0.382 e. The molecular formula is C21H21N3O. The second kappa shape index (κ2) is 6.92. The number of nitrogens with zero attached hydrogens (tertiary/aromatic N) is 3. The van der Waals surface area contributed by atoms with Crippen LogP contribution in [0.3, 0.4) is 0 Å². The Morgan fingerprint density at radius 2 is 1.88 bits per heavy atom. The van der Waals surface area contributed by atoms with Gasteiger partial charge in [0, 0.05) is 12.6 Å². The maximum atomic E-state index is 10.7. The van der Waals surface area contributed by atoms with Gasteiger partial charge in [0.05, 0.1) is 29.9 Å². The molecular weight excluding hydrogens is 310 g/mol. The van der Waals surface area contributed by atoms with Crippen LogP contribution in [-0.2, 0) is 7.05 Å². The van der Waals surface area contributed by atoms with Gasteiger partial charge in [0.25, 0.3) is 0 Å². The van der Waals surface area contributed by atoms with E-state index < -0.39 is 6.10 Å². The Morgan fingerprint density at radius 1 is 1.12 bits per heavy atom. The van der Waals surface area contributed by atoms with Crippen LogP contribution >= 0.6 is 0 Å². The van der Waals surface area contributed by atoms with Gasteiger partial charge in [0.2, 0.25) is 0 Å². The molecule has 0 amide bonds. The van der Waals surface area contributed by atoms with Crippen LogP contribution in [0.5, 0.6) is 0 Å². The molecule has 0 spiro atoms. The number of aliphatic hydroxyl groups excluding tert-OH is 1. The number of aromatic nitrogens is 2. The van der Waals surface area contributed by atoms with E-state index in [9.17, 15) is 10.4 Å². The van der Waals surface area contributed by atoms with Crippen molar-refractivity contribution in [1.29, 1.82) is 5.26 Å². The third-order valence-corrected chi connectivity index (χ3v) is 4.49. The predicted octanol–water partition coefficient (Wildman–Crippen LogP) is 4.16. The van der Waals surface area contributed by atoms with Crippen LogP contribution in [0.4, 0.5) is 0 Å². The van der Waals surface area contributed by atoms with Crippen molar-refractivity contribution in [3.05, 3.63) is 77.4 Å². The van der Waals surface area contributed by atoms with E-state index in [1.165, 1.54) is 5.56 Å². The van der Waals surface area contributed by atoms with E-state index >= 15 is 0 Å². The molecule has 0 saturated carbocycles. The lowest BCUT2D eigenvalue weighted by atomic mass is 9.89. The van der Waals surface area contributed by atoms with Crippen molar-refractivity contribution in [2.75, 3.05) is 0 Å². The molecule has 1 N–H and O–H groups in total. The highest BCUT2D eigenvalue weighted by Gasteiger charge is 2.18. The summed E-state index contributed by atoms with van der Waals surface area (Å²) in [6.45, 7) is 4.28. The summed E-state index contributed by atoms with van der Waals surface area (Å²) in [6.07, 6.45) is 2.53. The van der Waals surface area contributed by atoms with E-state index in [1.54, 1.807) is 29.2 Å². The maximum absolute atomic E-state index is 10.7. The highest BCUT2D eigenvalue weighted by atomic mass is 16.3. The molecule has 0 saturated heterocycles. The molecule has 2 aromatic carbocycles. The first-order valence-electron chi connectivity index (χ1n) is 8.30. The number of aliphatic hydroxyl groups is 1. The molecule has 1 aromatic heterocycles. The summed E-state index contributed by atoms with van der Waals surface area (Å²) < 4.78 is 1.80. The zero-order valence-electron chi connectivity index (χ0n) is 14.6. The number of nitriles is 1. The van der Waals surface area contributed by atoms with E-state index in [0.29, 0.717) is 17.2 Å². The molecule has 0 radical (unpaired) electrons. The van der Waals surface area contributed by atoms with Gasteiger partial charge in [0.15, 0.2) is 0 Å². The SMILES string of the molecule is CC(C)c1ccccc1-c1cc(C(O)c2cncn2C)ccc1C#N. The largest absolute Gasteiger partial charge is 0.382 e. The van der Waals surface area contributed by atoms with Crippen molar-refractivity contribution < 1.29 is 5.11 Å². The summed E-state index contributed by atoms with van der Waals surface area (Å²) in [7, 11) is 1.85. The molecule has 0 bridgehead atoms. The average Bonchev–Trinajstić information content (AvgIpc) is 3.06. The summed E-state index contributed by atoms with van der Waals surface area (Å²) >= 11 is 0. The summed E-state index contributed by atoms with van der Waals surface area (Å²) in [4.78, 5) is 4.07. The van der Waals surface area contributed by atoms with Gasteiger partial charge in [-0.2, -0.15) is 5.26 Å². The predicted molar refractivity (Wildman–Crippen MR) is 98.0 cm³/mol. The standard InChI is InChI=1S/C21H21N3O/c1-14(2)17-6-4-5-7-18(17)19-10-15(8-9-16(19)11-22)21(25)20-12-23-13-24(20)3/h4-10,12-14,21,25H,1-3H3. The Bertz CT molecular complexity index is 934. The highest BCUT2D eigenvalue weighted by Crippen LogP contribution is 2.34. The molecule has 3 rings (SSSR count). The number of rotatable bonds is 4. The number of benzene rings is 2. The van der Waals surface area contributed by atoms with Crippen LogP contribution in [0, 0.1) is 11.3 Å². The van der Waals surface area contributed by atoms with Crippen LogP contribution in [-0.4, -0.2) is 14.7 Å². The average molecular weight is 331 g/mol. The fourth-order valence-corrected chi connectivity index (χ4v) is 3.10. The summed E-state index contributed by atoms with van der Waals surface area (Å²) in [5.74, 6) is 0.341. The fraction of sp³-hybridized carbons (Fsp3) is 0.238. The molecule has 126 valence electrons. The Labute approximate surface area is 148 Å². The Kier molecular flexibility index (Phi) is 4.69. The van der Waals surface area contributed by atoms with Crippen LogP contribution < -0.4 is 0 Å². The lowest BCUT2D eigenvalue weighted by Gasteiger charge is -2.17. The van der Waals surface area contributed by atoms with Crippen LogP contribution in [0.15, 0.2) is 55.0 Å². The molecule has 0 aliphatic carbocycles. The van der Waals surface area contributed by atoms with Gasteiger partial charge in [0.1, 0.15) is 6.10 Å². The van der Waals surface area contributed by atoms with Crippen molar-refractivity contribution in [2.45, 2.75) is 25.9 Å². The first kappa shape index (κ1) is 16.9. The molecule has 0 aliphatic rings. The highest BCUT2D eigenvalue weighted by molar-refractivity contribution is 5.74. The minimum atomic E-state index is -0.787. The van der Waals surface area contributed by atoms with E-state index in [2.05, 4.69) is 31.0 Å². The minimum absolute atomic E-state index is 0.341. The molecule has 0 aliphatic heterocycles. The first-order chi connectivity index (χ1) is 12.0. The Balaban J connectivity index is 2.15. The molecule has 1 heterocycles. The lowest BCUT2D eigenvalue weighted by Crippen LogP contribution is -2.06. The van der Waals surface area contributed by atoms with Gasteiger partial charge in [-0.1, -0.05) is 44.2 Å². The number of imidazole rings is 1. The molecule has 0 fully saturated rings. The number of hydrogen-bond donors (Lipinski definition) is 1. The maximum Gasteiger partial charge on any atom is 0.121 e. The van der Waals surface area contributed by atoms with E-state index in [0.717, 1.165) is 16.7 Å². The molecule has 1 unspecified atom stereocenters. The Hall–Kier alpha value is -2.90. The van der Waals surface area contributed by atoms with Crippen molar-refractivity contribution in [3.63, 3.8) is 0 Å². The molecule has 4 nitrogen and oxygen atoms in total. The third kappa shape index (κ3) is 3.19. The molecule has 4 heteroatoms. The van der Waals surface area contributed by atoms with Crippen molar-refractivity contribution in [3.8, 4) is 17.2 Å². The van der Waals surface area contributed by atoms with Gasteiger partial charge in [-0.3, -0.25) is 0 Å². The quantitative estimate of drug-likeness (QED) is 0.780.